The molecule has 1 amide bonds. The summed E-state index contributed by atoms with van der Waals surface area (Å²) in [7, 11) is 0. The highest BCUT2D eigenvalue weighted by Crippen LogP contribution is 2.31. The summed E-state index contributed by atoms with van der Waals surface area (Å²) in [5, 5.41) is 4.42. The number of nitrogens with one attached hydrogen (secondary N) is 1. The van der Waals surface area contributed by atoms with Crippen LogP contribution in [-0.4, -0.2) is 21.2 Å². The third-order valence-corrected chi connectivity index (χ3v) is 6.67. The summed E-state index contributed by atoms with van der Waals surface area (Å²) in [6, 6.07) is 20.0. The van der Waals surface area contributed by atoms with Crippen molar-refractivity contribution in [2.75, 3.05) is 11.1 Å². The first-order valence-corrected chi connectivity index (χ1v) is 12.1. The Kier molecular flexibility index (Phi) is 7.08. The van der Waals surface area contributed by atoms with Crippen molar-refractivity contribution in [3.05, 3.63) is 92.7 Å². The summed E-state index contributed by atoms with van der Waals surface area (Å²) < 4.78 is 1.60. The van der Waals surface area contributed by atoms with E-state index in [1.165, 1.54) is 11.8 Å². The van der Waals surface area contributed by atoms with Crippen LogP contribution in [0.1, 0.15) is 25.3 Å². The number of fused-ring (bicyclic) bond motifs is 1. The van der Waals surface area contributed by atoms with Crippen molar-refractivity contribution in [3.8, 4) is 5.69 Å². The summed E-state index contributed by atoms with van der Waals surface area (Å²) in [6.45, 7) is 4.15. The van der Waals surface area contributed by atoms with Crippen LogP contribution in [0.15, 0.2) is 76.7 Å². The summed E-state index contributed by atoms with van der Waals surface area (Å²) in [4.78, 5) is 30.9. The molecule has 0 unspecified atom stereocenters. The Labute approximate surface area is 205 Å². The number of hydrogen-bond donors (Lipinski definition) is 1. The van der Waals surface area contributed by atoms with E-state index in [0.29, 0.717) is 31.8 Å². The molecule has 1 N–H and O–H groups in total. The molecule has 0 aliphatic carbocycles. The zero-order valence-corrected chi connectivity index (χ0v) is 20.3. The summed E-state index contributed by atoms with van der Waals surface area (Å²) in [5.74, 6) is -0.0832. The normalized spacial score (nSPS) is 11.2. The zero-order valence-electron chi connectivity index (χ0n) is 18.0. The molecule has 8 heteroatoms. The first-order valence-electron chi connectivity index (χ1n) is 10.3. The molecular weight excluding hydrogens is 477 g/mol. The maximum Gasteiger partial charge on any atom is 0.266 e. The van der Waals surface area contributed by atoms with Gasteiger partial charge in [-0.15, -0.1) is 0 Å². The van der Waals surface area contributed by atoms with Crippen LogP contribution in [0.5, 0.6) is 0 Å². The maximum absolute atomic E-state index is 13.5. The lowest BCUT2D eigenvalue weighted by Gasteiger charge is -2.18. The van der Waals surface area contributed by atoms with Gasteiger partial charge in [-0.25, -0.2) is 4.98 Å². The van der Waals surface area contributed by atoms with Crippen molar-refractivity contribution in [1.29, 1.82) is 0 Å². The van der Waals surface area contributed by atoms with Gasteiger partial charge < -0.3 is 5.32 Å². The van der Waals surface area contributed by atoms with Gasteiger partial charge in [0.25, 0.3) is 5.56 Å². The number of aromatic nitrogens is 2. The second-order valence-corrected chi connectivity index (χ2v) is 9.46. The monoisotopic (exact) mass is 497 g/mol. The van der Waals surface area contributed by atoms with Crippen LogP contribution in [0, 0.1) is 0 Å². The van der Waals surface area contributed by atoms with Crippen LogP contribution in [0.3, 0.4) is 0 Å². The number of anilines is 1. The molecule has 0 atom stereocenters. The molecule has 0 bridgehead atoms. The first kappa shape index (κ1) is 23.4. The molecule has 1 aromatic heterocycles. The van der Waals surface area contributed by atoms with Crippen LogP contribution in [0.2, 0.25) is 10.0 Å². The predicted molar refractivity (Wildman–Crippen MR) is 137 cm³/mol. The molecule has 33 heavy (non-hydrogen) atoms. The van der Waals surface area contributed by atoms with E-state index in [2.05, 4.69) is 19.2 Å². The zero-order chi connectivity index (χ0) is 23.5. The Balaban J connectivity index is 1.74. The standard InChI is InChI=1S/C25H21Cl2N3O2S/c1-15(2)16-8-4-6-13-21(16)30-24(32)17-9-3-5-12-20(17)28-25(30)33-14-22(31)29-23-18(26)10-7-11-19(23)27/h3-13,15H,14H2,1-2H3,(H,29,31). The third kappa shape index (κ3) is 4.93. The van der Waals surface area contributed by atoms with Gasteiger partial charge in [-0.3, -0.25) is 14.2 Å². The lowest BCUT2D eigenvalue weighted by atomic mass is 10.0. The average molecular weight is 498 g/mol. The number of carbonyl (C=O) groups is 1. The fourth-order valence-corrected chi connectivity index (χ4v) is 4.82. The van der Waals surface area contributed by atoms with Crippen molar-refractivity contribution < 1.29 is 4.79 Å². The highest BCUT2D eigenvalue weighted by molar-refractivity contribution is 7.99. The number of thioether (sulfide) groups is 1. The van der Waals surface area contributed by atoms with Gasteiger partial charge in [0.05, 0.1) is 38.1 Å². The highest BCUT2D eigenvalue weighted by atomic mass is 35.5. The van der Waals surface area contributed by atoms with Crippen LogP contribution < -0.4 is 10.9 Å². The summed E-state index contributed by atoms with van der Waals surface area (Å²) >= 11 is 13.5. The van der Waals surface area contributed by atoms with Gasteiger partial charge >= 0.3 is 0 Å². The minimum atomic E-state index is -0.305. The topological polar surface area (TPSA) is 64.0 Å². The van der Waals surface area contributed by atoms with Gasteiger partial charge in [0.2, 0.25) is 5.91 Å². The number of para-hydroxylation sites is 3. The van der Waals surface area contributed by atoms with Crippen LogP contribution in [0.4, 0.5) is 5.69 Å². The number of nitrogens with zero attached hydrogens (tertiary/aromatic N) is 2. The van der Waals surface area contributed by atoms with Gasteiger partial charge in [-0.2, -0.15) is 0 Å². The van der Waals surface area contributed by atoms with Crippen LogP contribution in [-0.2, 0) is 4.79 Å². The van der Waals surface area contributed by atoms with Crippen molar-refractivity contribution in [1.82, 2.24) is 9.55 Å². The third-order valence-electron chi connectivity index (χ3n) is 5.10. The number of halogens is 2. The minimum Gasteiger partial charge on any atom is -0.323 e. The second-order valence-electron chi connectivity index (χ2n) is 7.70. The Morgan fingerprint density at radius 2 is 1.67 bits per heavy atom. The van der Waals surface area contributed by atoms with E-state index in [-0.39, 0.29) is 23.1 Å². The number of hydrogen-bond acceptors (Lipinski definition) is 4. The van der Waals surface area contributed by atoms with Gasteiger partial charge in [0.1, 0.15) is 0 Å². The number of carbonyl (C=O) groups excluding carboxylic acids is 1. The molecule has 1 heterocycles. The molecule has 0 saturated heterocycles. The number of benzene rings is 3. The van der Waals surface area contributed by atoms with Crippen molar-refractivity contribution in [2.24, 2.45) is 0 Å². The molecule has 0 aliphatic heterocycles. The van der Waals surface area contributed by atoms with E-state index < -0.39 is 0 Å². The predicted octanol–water partition coefficient (Wildman–Crippen LogP) is 6.55. The van der Waals surface area contributed by atoms with E-state index >= 15 is 0 Å². The Morgan fingerprint density at radius 3 is 2.39 bits per heavy atom. The van der Waals surface area contributed by atoms with Crippen LogP contribution >= 0.6 is 35.0 Å². The van der Waals surface area contributed by atoms with E-state index in [0.717, 1.165) is 11.3 Å². The van der Waals surface area contributed by atoms with E-state index in [9.17, 15) is 9.59 Å². The maximum atomic E-state index is 13.5. The second kappa shape index (κ2) is 10.00. The van der Waals surface area contributed by atoms with Crippen molar-refractivity contribution >= 4 is 57.5 Å². The Hall–Kier alpha value is -2.80. The van der Waals surface area contributed by atoms with E-state index in [1.54, 1.807) is 34.9 Å². The molecule has 0 fully saturated rings. The molecule has 0 saturated carbocycles. The van der Waals surface area contributed by atoms with Gasteiger partial charge in [0, 0.05) is 0 Å². The molecule has 4 rings (SSSR count). The fraction of sp³-hybridized carbons (Fsp3) is 0.160. The fourth-order valence-electron chi connectivity index (χ4n) is 3.52. The van der Waals surface area contributed by atoms with Crippen LogP contribution in [0.25, 0.3) is 16.6 Å². The van der Waals surface area contributed by atoms with Gasteiger partial charge in [-0.1, -0.05) is 85.2 Å². The molecule has 5 nitrogen and oxygen atoms in total. The molecule has 0 spiro atoms. The minimum absolute atomic E-state index is 0.0240. The molecule has 0 radical (unpaired) electrons. The molecular formula is C25H21Cl2N3O2S. The van der Waals surface area contributed by atoms with Crippen molar-refractivity contribution in [2.45, 2.75) is 24.9 Å². The van der Waals surface area contributed by atoms with E-state index in [1.807, 2.05) is 36.4 Å². The van der Waals surface area contributed by atoms with Gasteiger partial charge in [-0.05, 0) is 41.8 Å². The molecule has 3 aromatic carbocycles. The smallest absolute Gasteiger partial charge is 0.266 e. The first-order chi connectivity index (χ1) is 15.9. The number of rotatable bonds is 6. The lowest BCUT2D eigenvalue weighted by Crippen LogP contribution is -2.24. The lowest BCUT2D eigenvalue weighted by molar-refractivity contribution is -0.113. The molecule has 4 aromatic rings. The Bertz CT molecular complexity index is 1380. The Morgan fingerprint density at radius 1 is 1.00 bits per heavy atom. The van der Waals surface area contributed by atoms with Crippen molar-refractivity contribution in [3.63, 3.8) is 0 Å². The average Bonchev–Trinajstić information content (AvgIpc) is 2.80. The quantitative estimate of drug-likeness (QED) is 0.242. The van der Waals surface area contributed by atoms with E-state index in [4.69, 9.17) is 28.2 Å². The highest BCUT2D eigenvalue weighted by Gasteiger charge is 2.18. The SMILES string of the molecule is CC(C)c1ccccc1-n1c(SCC(=O)Nc2c(Cl)cccc2Cl)nc2ccccc2c1=O. The number of amides is 1. The summed E-state index contributed by atoms with van der Waals surface area (Å²) in [6.07, 6.45) is 0. The molecule has 0 aliphatic rings. The largest absolute Gasteiger partial charge is 0.323 e. The van der Waals surface area contributed by atoms with Gasteiger partial charge in [0.15, 0.2) is 5.16 Å². The molecule has 168 valence electrons. The summed E-state index contributed by atoms with van der Waals surface area (Å²) in [5.41, 5.74) is 2.54.